The number of aromatic nitrogens is 2. The number of amides is 3. The minimum atomic E-state index is -0.411. The van der Waals surface area contributed by atoms with Crippen LogP contribution in [0.1, 0.15) is 18.5 Å². The number of ether oxygens (including phenoxy) is 1. The predicted octanol–water partition coefficient (Wildman–Crippen LogP) is 1.45. The highest BCUT2D eigenvalue weighted by atomic mass is 16.5. The van der Waals surface area contributed by atoms with Crippen LogP contribution >= 0.6 is 0 Å². The zero-order chi connectivity index (χ0) is 21.8. The summed E-state index contributed by atoms with van der Waals surface area (Å²) in [5.41, 5.74) is 2.23. The van der Waals surface area contributed by atoms with Crippen molar-refractivity contribution < 1.29 is 19.1 Å². The van der Waals surface area contributed by atoms with E-state index in [-0.39, 0.29) is 31.2 Å². The van der Waals surface area contributed by atoms with Crippen LogP contribution in [0.3, 0.4) is 0 Å². The van der Waals surface area contributed by atoms with Crippen LogP contribution in [0.2, 0.25) is 0 Å². The summed E-state index contributed by atoms with van der Waals surface area (Å²) in [5, 5.41) is 5.96. The smallest absolute Gasteiger partial charge is 0.244 e. The monoisotopic (exact) mass is 424 g/mol. The fourth-order valence-electron chi connectivity index (χ4n) is 3.45. The maximum Gasteiger partial charge on any atom is 0.244 e. The molecule has 2 saturated heterocycles. The van der Waals surface area contributed by atoms with Crippen molar-refractivity contribution in [1.29, 1.82) is 0 Å². The Labute approximate surface area is 179 Å². The van der Waals surface area contributed by atoms with Crippen LogP contribution in [0.4, 0.5) is 23.1 Å². The van der Waals surface area contributed by atoms with Gasteiger partial charge in [-0.1, -0.05) is 0 Å². The minimum absolute atomic E-state index is 0.169. The Morgan fingerprint density at radius 2 is 1.68 bits per heavy atom. The second kappa shape index (κ2) is 9.09. The van der Waals surface area contributed by atoms with Crippen molar-refractivity contribution in [2.24, 2.45) is 0 Å². The van der Waals surface area contributed by atoms with E-state index in [0.717, 1.165) is 29.4 Å². The number of imide groups is 1. The van der Waals surface area contributed by atoms with E-state index in [9.17, 15) is 14.4 Å². The molecule has 0 saturated carbocycles. The summed E-state index contributed by atoms with van der Waals surface area (Å²) in [5.74, 6) is 0.316. The molecule has 2 aliphatic heterocycles. The number of carbonyl (C=O) groups excluding carboxylic acids is 3. The highest BCUT2D eigenvalue weighted by Crippen LogP contribution is 2.21. The molecule has 2 fully saturated rings. The number of nitrogens with zero attached hydrogens (tertiary/aromatic N) is 4. The van der Waals surface area contributed by atoms with E-state index in [1.54, 1.807) is 12.1 Å². The van der Waals surface area contributed by atoms with Crippen LogP contribution in [-0.2, 0) is 19.1 Å². The van der Waals surface area contributed by atoms with Gasteiger partial charge >= 0.3 is 0 Å². The number of nitrogens with one attached hydrogen (secondary N) is 2. The minimum Gasteiger partial charge on any atom is -0.378 e. The maximum absolute atomic E-state index is 12.2. The van der Waals surface area contributed by atoms with E-state index in [4.69, 9.17) is 4.74 Å². The number of anilines is 4. The number of hydrogen-bond acceptors (Lipinski definition) is 8. The third-order valence-corrected chi connectivity index (χ3v) is 5.03. The fraction of sp³-hybridized carbons (Fsp3) is 0.381. The molecule has 2 N–H and O–H groups in total. The first-order valence-electron chi connectivity index (χ1n) is 10.2. The summed E-state index contributed by atoms with van der Waals surface area (Å²) in [7, 11) is 0. The van der Waals surface area contributed by atoms with Gasteiger partial charge in [-0.25, -0.2) is 4.98 Å². The molecule has 162 valence electrons. The van der Waals surface area contributed by atoms with Gasteiger partial charge in [0.25, 0.3) is 0 Å². The molecule has 3 amide bonds. The molecular formula is C21H24N6O4. The summed E-state index contributed by atoms with van der Waals surface area (Å²) < 4.78 is 5.38. The number of hydrogen-bond donors (Lipinski definition) is 2. The lowest BCUT2D eigenvalue weighted by Crippen LogP contribution is -2.37. The number of carbonyl (C=O) groups is 3. The molecule has 0 aliphatic carbocycles. The van der Waals surface area contributed by atoms with Gasteiger partial charge in [0.1, 0.15) is 12.4 Å². The molecule has 0 bridgehead atoms. The van der Waals surface area contributed by atoms with Gasteiger partial charge in [0.2, 0.25) is 23.7 Å². The normalized spacial score (nSPS) is 16.5. The van der Waals surface area contributed by atoms with Gasteiger partial charge in [0.15, 0.2) is 0 Å². The van der Waals surface area contributed by atoms with Gasteiger partial charge in [0, 0.05) is 49.1 Å². The van der Waals surface area contributed by atoms with Gasteiger partial charge in [-0.15, -0.1) is 0 Å². The van der Waals surface area contributed by atoms with E-state index in [1.807, 2.05) is 25.1 Å². The fourth-order valence-corrected chi connectivity index (χ4v) is 3.45. The zero-order valence-corrected chi connectivity index (χ0v) is 17.3. The number of likely N-dealkylation sites (tertiary alicyclic amines) is 1. The van der Waals surface area contributed by atoms with E-state index in [2.05, 4.69) is 25.5 Å². The lowest BCUT2D eigenvalue weighted by atomic mass is 10.2. The first kappa shape index (κ1) is 20.7. The molecule has 0 radical (unpaired) electrons. The summed E-state index contributed by atoms with van der Waals surface area (Å²) >= 11 is 0. The van der Waals surface area contributed by atoms with Crippen molar-refractivity contribution in [2.45, 2.75) is 19.8 Å². The van der Waals surface area contributed by atoms with Gasteiger partial charge < -0.3 is 20.3 Å². The second-order valence-electron chi connectivity index (χ2n) is 7.42. The largest absolute Gasteiger partial charge is 0.378 e. The Bertz CT molecular complexity index is 972. The van der Waals surface area contributed by atoms with Gasteiger partial charge in [-0.2, -0.15) is 4.98 Å². The number of aryl methyl sites for hydroxylation is 1. The first-order chi connectivity index (χ1) is 15.0. The Hall–Kier alpha value is -3.53. The first-order valence-corrected chi connectivity index (χ1v) is 10.2. The van der Waals surface area contributed by atoms with Gasteiger partial charge in [0.05, 0.1) is 13.2 Å². The van der Waals surface area contributed by atoms with Crippen LogP contribution in [0.15, 0.2) is 30.3 Å². The third-order valence-electron chi connectivity index (χ3n) is 5.03. The molecule has 1 aromatic heterocycles. The zero-order valence-electron chi connectivity index (χ0n) is 17.3. The van der Waals surface area contributed by atoms with Crippen molar-refractivity contribution >= 4 is 40.9 Å². The molecule has 0 atom stereocenters. The lowest BCUT2D eigenvalue weighted by Gasteiger charge is -2.27. The second-order valence-corrected chi connectivity index (χ2v) is 7.42. The van der Waals surface area contributed by atoms with Gasteiger partial charge in [-0.05, 0) is 31.2 Å². The molecule has 2 aromatic rings. The van der Waals surface area contributed by atoms with E-state index < -0.39 is 5.91 Å². The van der Waals surface area contributed by atoms with E-state index in [0.29, 0.717) is 30.7 Å². The van der Waals surface area contributed by atoms with Crippen molar-refractivity contribution in [2.75, 3.05) is 48.4 Å². The molecule has 1 aromatic carbocycles. The maximum atomic E-state index is 12.2. The Morgan fingerprint density at radius 3 is 2.35 bits per heavy atom. The average molecular weight is 424 g/mol. The molecular weight excluding hydrogens is 400 g/mol. The average Bonchev–Trinajstić information content (AvgIpc) is 3.07. The number of benzene rings is 1. The van der Waals surface area contributed by atoms with Crippen LogP contribution in [0, 0.1) is 6.92 Å². The van der Waals surface area contributed by atoms with Crippen LogP contribution in [0.5, 0.6) is 0 Å². The highest BCUT2D eigenvalue weighted by molar-refractivity contribution is 6.06. The Kier molecular flexibility index (Phi) is 6.08. The van der Waals surface area contributed by atoms with Crippen LogP contribution in [0.25, 0.3) is 0 Å². The molecule has 10 heteroatoms. The van der Waals surface area contributed by atoms with Crippen LogP contribution < -0.4 is 15.5 Å². The third kappa shape index (κ3) is 5.15. The molecule has 31 heavy (non-hydrogen) atoms. The molecule has 2 aliphatic rings. The Morgan fingerprint density at radius 1 is 1.03 bits per heavy atom. The van der Waals surface area contributed by atoms with Crippen molar-refractivity contribution in [3.05, 3.63) is 36.0 Å². The molecule has 3 heterocycles. The standard InChI is InChI=1S/C21H24N6O4/c1-14-12-17(25-21(22-14)26-8-10-31-11-9-26)23-15-2-4-16(5-3-15)24-18(28)13-27-19(29)6-7-20(27)30/h2-5,12H,6-11,13H2,1H3,(H,24,28)(H,22,23,25). The SMILES string of the molecule is Cc1cc(Nc2ccc(NC(=O)CN3C(=O)CCC3=O)cc2)nc(N2CCOCC2)n1. The molecule has 0 unspecified atom stereocenters. The number of morpholine rings is 1. The highest BCUT2D eigenvalue weighted by Gasteiger charge is 2.30. The lowest BCUT2D eigenvalue weighted by molar-refractivity contribution is -0.141. The van der Waals surface area contributed by atoms with Crippen LogP contribution in [-0.4, -0.2) is 65.4 Å². The number of rotatable bonds is 6. The topological polar surface area (TPSA) is 117 Å². The predicted molar refractivity (Wildman–Crippen MR) is 114 cm³/mol. The quantitative estimate of drug-likeness (QED) is 0.670. The summed E-state index contributed by atoms with van der Waals surface area (Å²) in [4.78, 5) is 47.6. The van der Waals surface area contributed by atoms with Gasteiger partial charge in [-0.3, -0.25) is 19.3 Å². The molecule has 4 rings (SSSR count). The molecule has 10 nitrogen and oxygen atoms in total. The summed E-state index contributed by atoms with van der Waals surface area (Å²) in [6.45, 7) is 4.49. The summed E-state index contributed by atoms with van der Waals surface area (Å²) in [6.07, 6.45) is 0.338. The van der Waals surface area contributed by atoms with E-state index >= 15 is 0 Å². The van der Waals surface area contributed by atoms with Crippen molar-refractivity contribution in [1.82, 2.24) is 14.9 Å². The molecule has 0 spiro atoms. The van der Waals surface area contributed by atoms with Crippen molar-refractivity contribution in [3.63, 3.8) is 0 Å². The summed E-state index contributed by atoms with van der Waals surface area (Å²) in [6, 6.07) is 8.97. The van der Waals surface area contributed by atoms with E-state index in [1.165, 1.54) is 0 Å². The Balaban J connectivity index is 1.37. The van der Waals surface area contributed by atoms with Crippen molar-refractivity contribution in [3.8, 4) is 0 Å².